The highest BCUT2D eigenvalue weighted by Crippen LogP contribution is 2.42. The second-order valence-electron chi connectivity index (χ2n) is 5.69. The van der Waals surface area contributed by atoms with Gasteiger partial charge >= 0.3 is 11.9 Å². The van der Waals surface area contributed by atoms with Crippen molar-refractivity contribution in [2.45, 2.75) is 0 Å². The Morgan fingerprint density at radius 1 is 0.500 bits per heavy atom. The van der Waals surface area contributed by atoms with E-state index in [-0.39, 0.29) is 42.7 Å². The van der Waals surface area contributed by atoms with E-state index in [2.05, 4.69) is 0 Å². The lowest BCUT2D eigenvalue weighted by molar-refractivity contribution is 0.0721. The third-order valence-corrected chi connectivity index (χ3v) is 5.93. The summed E-state index contributed by atoms with van der Waals surface area (Å²) in [5.74, 6) is -1.47. The average molecular weight is 525 g/mol. The van der Waals surface area contributed by atoms with E-state index < -0.39 is 11.9 Å². The van der Waals surface area contributed by atoms with Crippen molar-refractivity contribution >= 4 is 81.5 Å². The van der Waals surface area contributed by atoms with Crippen LogP contribution in [-0.2, 0) is 0 Å². The molecule has 0 fully saturated rings. The average Bonchev–Trinajstić information content (AvgIpc) is 2.70. The molecule has 0 radical (unpaired) electrons. The van der Waals surface area contributed by atoms with E-state index >= 15 is 0 Å². The molecule has 3 rings (SSSR count). The Balaban J connectivity index is 1.94. The van der Waals surface area contributed by atoms with E-state index in [0.29, 0.717) is 10.0 Å². The Morgan fingerprint density at radius 2 is 0.767 bits per heavy atom. The van der Waals surface area contributed by atoms with Crippen LogP contribution in [0.5, 0.6) is 11.5 Å². The third-order valence-electron chi connectivity index (χ3n) is 3.72. The summed E-state index contributed by atoms with van der Waals surface area (Å²) in [6, 6.07) is 12.0. The van der Waals surface area contributed by atoms with E-state index in [1.807, 2.05) is 0 Å². The standard InChI is InChI=1S/C20H8Cl6O4/c21-9-1-5-11(6-2-9)29-19(27)13-15(23)17(25)14(18(26)16(13)24)20(28)30-12-7-3-10(22)4-8-12/h1-8H. The topological polar surface area (TPSA) is 52.6 Å². The van der Waals surface area contributed by atoms with Crippen LogP contribution < -0.4 is 9.47 Å². The van der Waals surface area contributed by atoms with E-state index in [0.717, 1.165) is 0 Å². The smallest absolute Gasteiger partial charge is 0.346 e. The first kappa shape index (κ1) is 23.0. The first-order valence-electron chi connectivity index (χ1n) is 8.00. The highest BCUT2D eigenvalue weighted by Gasteiger charge is 2.30. The summed E-state index contributed by atoms with van der Waals surface area (Å²) in [6.07, 6.45) is 0. The van der Waals surface area contributed by atoms with Crippen molar-refractivity contribution in [3.63, 3.8) is 0 Å². The number of halogens is 6. The Kier molecular flexibility index (Phi) is 7.40. The molecule has 10 heteroatoms. The van der Waals surface area contributed by atoms with Crippen molar-refractivity contribution in [1.29, 1.82) is 0 Å². The molecule has 0 saturated heterocycles. The first-order chi connectivity index (χ1) is 14.2. The van der Waals surface area contributed by atoms with E-state index in [9.17, 15) is 9.59 Å². The number of carbonyl (C=O) groups excluding carboxylic acids is 2. The maximum atomic E-state index is 12.6. The van der Waals surface area contributed by atoms with Gasteiger partial charge in [-0.2, -0.15) is 0 Å². The Hall–Kier alpha value is -1.66. The predicted molar refractivity (Wildman–Crippen MR) is 119 cm³/mol. The fourth-order valence-corrected chi connectivity index (χ4v) is 3.72. The Bertz CT molecular complexity index is 1010. The third kappa shape index (κ3) is 4.97. The largest absolute Gasteiger partial charge is 0.423 e. The number of esters is 2. The monoisotopic (exact) mass is 522 g/mol. The molecule has 0 unspecified atom stereocenters. The van der Waals surface area contributed by atoms with Gasteiger partial charge in [-0.3, -0.25) is 0 Å². The molecule has 0 spiro atoms. The summed E-state index contributed by atoms with van der Waals surface area (Å²) in [5.41, 5.74) is -0.599. The molecule has 0 bridgehead atoms. The van der Waals surface area contributed by atoms with Crippen LogP contribution in [0, 0.1) is 0 Å². The minimum Gasteiger partial charge on any atom is -0.423 e. The fraction of sp³-hybridized carbons (Fsp3) is 0. The molecule has 0 aromatic heterocycles. The van der Waals surface area contributed by atoms with Crippen molar-refractivity contribution in [3.8, 4) is 11.5 Å². The van der Waals surface area contributed by atoms with Gasteiger partial charge in [-0.15, -0.1) is 0 Å². The maximum Gasteiger partial charge on any atom is 0.346 e. The van der Waals surface area contributed by atoms with Gasteiger partial charge < -0.3 is 9.47 Å². The number of carbonyl (C=O) groups is 2. The minimum absolute atomic E-state index is 0.190. The van der Waals surface area contributed by atoms with E-state index in [1.165, 1.54) is 48.5 Å². The van der Waals surface area contributed by atoms with Crippen LogP contribution in [0.3, 0.4) is 0 Å². The molecule has 3 aromatic rings. The van der Waals surface area contributed by atoms with E-state index in [4.69, 9.17) is 79.1 Å². The SMILES string of the molecule is O=C(Oc1ccc(Cl)cc1)c1c(Cl)c(Cl)c(C(=O)Oc2ccc(Cl)cc2)c(Cl)c1Cl. The molecular formula is C20H8Cl6O4. The summed E-state index contributed by atoms with van der Waals surface area (Å²) in [4.78, 5) is 25.2. The fourth-order valence-electron chi connectivity index (χ4n) is 2.31. The van der Waals surface area contributed by atoms with Crippen LogP contribution in [0.2, 0.25) is 30.1 Å². The van der Waals surface area contributed by atoms with Gasteiger partial charge in [-0.05, 0) is 48.5 Å². The molecule has 30 heavy (non-hydrogen) atoms. The van der Waals surface area contributed by atoms with Crippen molar-refractivity contribution in [2.24, 2.45) is 0 Å². The predicted octanol–water partition coefficient (Wildman–Crippen LogP) is 8.05. The summed E-state index contributed by atoms with van der Waals surface area (Å²) >= 11 is 36.4. The number of hydrogen-bond donors (Lipinski definition) is 0. The normalized spacial score (nSPS) is 10.6. The van der Waals surface area contributed by atoms with Gasteiger partial charge in [0.15, 0.2) is 0 Å². The Morgan fingerprint density at radius 3 is 1.03 bits per heavy atom. The van der Waals surface area contributed by atoms with Crippen LogP contribution in [0.25, 0.3) is 0 Å². The highest BCUT2D eigenvalue weighted by atomic mass is 35.5. The first-order valence-corrected chi connectivity index (χ1v) is 10.3. The Labute approximate surface area is 201 Å². The lowest BCUT2D eigenvalue weighted by Crippen LogP contribution is -2.15. The molecule has 3 aromatic carbocycles. The molecule has 4 nitrogen and oxygen atoms in total. The molecule has 0 aliphatic carbocycles. The lowest BCUT2D eigenvalue weighted by atomic mass is 10.1. The molecule has 0 heterocycles. The zero-order valence-corrected chi connectivity index (χ0v) is 19.1. The van der Waals surface area contributed by atoms with Gasteiger partial charge in [0.25, 0.3) is 0 Å². The molecule has 0 aliphatic heterocycles. The molecule has 0 atom stereocenters. The van der Waals surface area contributed by atoms with Gasteiger partial charge in [0, 0.05) is 10.0 Å². The second kappa shape index (κ2) is 9.65. The van der Waals surface area contributed by atoms with Crippen LogP contribution in [0.1, 0.15) is 20.7 Å². The van der Waals surface area contributed by atoms with Crippen LogP contribution in [0.15, 0.2) is 48.5 Å². The van der Waals surface area contributed by atoms with Crippen molar-refractivity contribution < 1.29 is 19.1 Å². The molecule has 154 valence electrons. The second-order valence-corrected chi connectivity index (χ2v) is 8.08. The van der Waals surface area contributed by atoms with Crippen LogP contribution >= 0.6 is 69.6 Å². The summed E-state index contributed by atoms with van der Waals surface area (Å²) < 4.78 is 10.4. The molecule has 0 saturated carbocycles. The minimum atomic E-state index is -0.922. The number of hydrogen-bond acceptors (Lipinski definition) is 4. The lowest BCUT2D eigenvalue weighted by Gasteiger charge is -2.14. The molecular weight excluding hydrogens is 517 g/mol. The van der Waals surface area contributed by atoms with Gasteiger partial charge in [0.05, 0.1) is 20.1 Å². The summed E-state index contributed by atoms with van der Waals surface area (Å²) in [5, 5.41) is -0.330. The molecule has 0 aliphatic rings. The van der Waals surface area contributed by atoms with E-state index in [1.54, 1.807) is 0 Å². The van der Waals surface area contributed by atoms with Gasteiger partial charge in [0.2, 0.25) is 0 Å². The van der Waals surface area contributed by atoms with Gasteiger partial charge in [-0.1, -0.05) is 69.6 Å². The number of rotatable bonds is 4. The van der Waals surface area contributed by atoms with Crippen LogP contribution in [-0.4, -0.2) is 11.9 Å². The zero-order chi connectivity index (χ0) is 22.0. The zero-order valence-electron chi connectivity index (χ0n) is 14.5. The number of ether oxygens (including phenoxy) is 2. The van der Waals surface area contributed by atoms with Crippen molar-refractivity contribution in [3.05, 3.63) is 89.8 Å². The highest BCUT2D eigenvalue weighted by molar-refractivity contribution is 6.52. The van der Waals surface area contributed by atoms with Crippen molar-refractivity contribution in [1.82, 2.24) is 0 Å². The molecule has 0 amide bonds. The molecule has 0 N–H and O–H groups in total. The maximum absolute atomic E-state index is 12.6. The van der Waals surface area contributed by atoms with Gasteiger partial charge in [0.1, 0.15) is 22.6 Å². The van der Waals surface area contributed by atoms with Gasteiger partial charge in [-0.25, -0.2) is 9.59 Å². The number of benzene rings is 3. The van der Waals surface area contributed by atoms with Crippen LogP contribution in [0.4, 0.5) is 0 Å². The summed E-state index contributed by atoms with van der Waals surface area (Å²) in [6.45, 7) is 0. The van der Waals surface area contributed by atoms with Crippen molar-refractivity contribution in [2.75, 3.05) is 0 Å². The summed E-state index contributed by atoms with van der Waals surface area (Å²) in [7, 11) is 0. The quantitative estimate of drug-likeness (QED) is 0.197.